The lowest BCUT2D eigenvalue weighted by Gasteiger charge is -2.32. The fourth-order valence-electron chi connectivity index (χ4n) is 4.52. The van der Waals surface area contributed by atoms with E-state index in [1.54, 1.807) is 0 Å². The number of ether oxygens (including phenoxy) is 1. The molecular formula is C23H20BrF5N2O4. The summed E-state index contributed by atoms with van der Waals surface area (Å²) >= 11 is 2.98. The number of carbonyl (C=O) groups is 3. The third-order valence-electron chi connectivity index (χ3n) is 6.49. The number of amides is 2. The van der Waals surface area contributed by atoms with Crippen LogP contribution in [0.5, 0.6) is 0 Å². The summed E-state index contributed by atoms with van der Waals surface area (Å²) in [6, 6.07) is 2.49. The molecule has 35 heavy (non-hydrogen) atoms. The second-order valence-corrected chi connectivity index (χ2v) is 9.65. The highest BCUT2D eigenvalue weighted by molar-refractivity contribution is 9.10. The molecule has 1 aromatic carbocycles. The van der Waals surface area contributed by atoms with Gasteiger partial charge in [-0.2, -0.15) is 13.2 Å². The highest BCUT2D eigenvalue weighted by Gasteiger charge is 2.54. The van der Waals surface area contributed by atoms with Gasteiger partial charge >= 0.3 is 12.3 Å². The first kappa shape index (κ1) is 25.3. The number of rotatable bonds is 5. The van der Waals surface area contributed by atoms with E-state index >= 15 is 0 Å². The largest absolute Gasteiger partial charge is 0.436 e. The van der Waals surface area contributed by atoms with Crippen LogP contribution in [0.15, 0.2) is 47.3 Å². The van der Waals surface area contributed by atoms with E-state index in [1.165, 1.54) is 12.1 Å². The number of halogens is 6. The molecule has 3 atom stereocenters. The molecule has 1 fully saturated rings. The number of alkyl halides is 4. The Bertz CT molecular complexity index is 1130. The summed E-state index contributed by atoms with van der Waals surface area (Å²) in [6.07, 6.45) is -4.15. The standard InChI is InChI=1S/C23H20BrF5N2O4/c1-12(23(27,28)29)31(9-13-2-4-14(25)5-3-13)18(32)10-30-11-22(35-21(30)34)7-6-15-16(22)8-17(26)19(24)20(15)33/h2-5,8,12,19H,6-7,9-11H2,1H3/t12-,19?,22?/m0/s1. The van der Waals surface area contributed by atoms with E-state index in [0.29, 0.717) is 10.5 Å². The number of allylic oxidation sites excluding steroid dienone is 2. The van der Waals surface area contributed by atoms with Gasteiger partial charge in [0.2, 0.25) is 5.91 Å². The molecule has 1 heterocycles. The van der Waals surface area contributed by atoms with E-state index in [1.807, 2.05) is 0 Å². The number of fused-ring (bicyclic) bond motifs is 1. The van der Waals surface area contributed by atoms with Crippen molar-refractivity contribution < 1.29 is 41.1 Å². The van der Waals surface area contributed by atoms with Gasteiger partial charge in [0.25, 0.3) is 0 Å². The second kappa shape index (κ2) is 9.03. The van der Waals surface area contributed by atoms with Gasteiger partial charge < -0.3 is 9.64 Å². The van der Waals surface area contributed by atoms with Gasteiger partial charge in [0.1, 0.15) is 29.1 Å². The van der Waals surface area contributed by atoms with Crippen molar-refractivity contribution in [2.45, 2.75) is 49.0 Å². The van der Waals surface area contributed by atoms with Crippen LogP contribution in [0.25, 0.3) is 0 Å². The van der Waals surface area contributed by atoms with Gasteiger partial charge in [0.15, 0.2) is 11.4 Å². The van der Waals surface area contributed by atoms with Crippen LogP contribution in [0.4, 0.5) is 26.7 Å². The first-order chi connectivity index (χ1) is 16.3. The highest BCUT2D eigenvalue weighted by Crippen LogP contribution is 2.47. The summed E-state index contributed by atoms with van der Waals surface area (Å²) in [7, 11) is 0. The Morgan fingerprint density at radius 2 is 1.91 bits per heavy atom. The van der Waals surface area contributed by atoms with Crippen LogP contribution in [-0.2, 0) is 20.9 Å². The molecule has 0 N–H and O–H groups in total. The Balaban J connectivity index is 1.55. The molecular weight excluding hydrogens is 543 g/mol. The van der Waals surface area contributed by atoms with Gasteiger partial charge in [-0.25, -0.2) is 13.6 Å². The lowest BCUT2D eigenvalue weighted by atomic mass is 9.90. The van der Waals surface area contributed by atoms with Crippen molar-refractivity contribution in [3.63, 3.8) is 0 Å². The van der Waals surface area contributed by atoms with Crippen molar-refractivity contribution in [2.24, 2.45) is 0 Å². The van der Waals surface area contributed by atoms with Crippen LogP contribution in [0.1, 0.15) is 25.3 Å². The quantitative estimate of drug-likeness (QED) is 0.389. The van der Waals surface area contributed by atoms with E-state index < -0.39 is 65.2 Å². The van der Waals surface area contributed by atoms with Crippen LogP contribution >= 0.6 is 15.9 Å². The molecule has 2 amide bonds. The van der Waals surface area contributed by atoms with Crippen molar-refractivity contribution in [2.75, 3.05) is 13.1 Å². The summed E-state index contributed by atoms with van der Waals surface area (Å²) in [5.41, 5.74) is -0.555. The molecule has 2 aliphatic carbocycles. The predicted octanol–water partition coefficient (Wildman–Crippen LogP) is 4.59. The number of hydrogen-bond donors (Lipinski definition) is 0. The van der Waals surface area contributed by atoms with E-state index in [0.717, 1.165) is 30.0 Å². The second-order valence-electron chi connectivity index (χ2n) is 8.73. The topological polar surface area (TPSA) is 66.9 Å². The van der Waals surface area contributed by atoms with Gasteiger partial charge in [0.05, 0.1) is 6.54 Å². The Morgan fingerprint density at radius 1 is 1.26 bits per heavy atom. The molecule has 2 unspecified atom stereocenters. The maximum Gasteiger partial charge on any atom is 0.411 e. The van der Waals surface area contributed by atoms with Crippen LogP contribution in [0.3, 0.4) is 0 Å². The molecule has 4 rings (SSSR count). The van der Waals surface area contributed by atoms with Crippen molar-refractivity contribution >= 4 is 33.7 Å². The fraction of sp³-hybridized carbons (Fsp3) is 0.435. The smallest absolute Gasteiger partial charge is 0.411 e. The van der Waals surface area contributed by atoms with Crippen molar-refractivity contribution in [1.29, 1.82) is 0 Å². The lowest BCUT2D eigenvalue weighted by molar-refractivity contribution is -0.187. The summed E-state index contributed by atoms with van der Waals surface area (Å²) in [5.74, 6) is -2.80. The number of benzene rings is 1. The minimum absolute atomic E-state index is 0.182. The average Bonchev–Trinajstić information content (AvgIpc) is 3.29. The van der Waals surface area contributed by atoms with Crippen molar-refractivity contribution in [3.05, 3.63) is 58.7 Å². The van der Waals surface area contributed by atoms with Gasteiger partial charge in [0, 0.05) is 17.7 Å². The summed E-state index contributed by atoms with van der Waals surface area (Å²) in [4.78, 5) is 38.4. The molecule has 0 bridgehead atoms. The van der Waals surface area contributed by atoms with Crippen LogP contribution in [0, 0.1) is 5.82 Å². The Kier molecular flexibility index (Phi) is 6.54. The first-order valence-electron chi connectivity index (χ1n) is 10.7. The minimum atomic E-state index is -4.75. The molecule has 12 heteroatoms. The predicted molar refractivity (Wildman–Crippen MR) is 116 cm³/mol. The zero-order valence-corrected chi connectivity index (χ0v) is 20.0. The molecule has 1 aromatic rings. The fourth-order valence-corrected chi connectivity index (χ4v) is 4.93. The number of hydrogen-bond acceptors (Lipinski definition) is 4. The first-order valence-corrected chi connectivity index (χ1v) is 11.6. The molecule has 6 nitrogen and oxygen atoms in total. The zero-order valence-electron chi connectivity index (χ0n) is 18.4. The number of nitrogens with zero attached hydrogens (tertiary/aromatic N) is 2. The van der Waals surface area contributed by atoms with E-state index in [9.17, 15) is 36.3 Å². The summed E-state index contributed by atoms with van der Waals surface area (Å²) in [6.45, 7) is -0.577. The maximum absolute atomic E-state index is 14.3. The van der Waals surface area contributed by atoms with E-state index in [-0.39, 0.29) is 30.5 Å². The number of ketones is 1. The molecule has 1 spiro atoms. The zero-order chi connectivity index (χ0) is 25.7. The van der Waals surface area contributed by atoms with Crippen molar-refractivity contribution in [3.8, 4) is 0 Å². The summed E-state index contributed by atoms with van der Waals surface area (Å²) in [5, 5.41) is 0. The molecule has 0 aromatic heterocycles. The van der Waals surface area contributed by atoms with Crippen LogP contribution in [0.2, 0.25) is 0 Å². The van der Waals surface area contributed by atoms with Crippen LogP contribution in [-0.4, -0.2) is 63.3 Å². The molecule has 1 aliphatic heterocycles. The molecule has 1 saturated heterocycles. The molecule has 0 saturated carbocycles. The number of Topliss-reactive ketones (excluding diaryl/α,β-unsaturated/α-hetero) is 1. The van der Waals surface area contributed by atoms with E-state index in [2.05, 4.69) is 15.9 Å². The Hall–Kier alpha value is -2.76. The van der Waals surface area contributed by atoms with Crippen molar-refractivity contribution in [1.82, 2.24) is 9.80 Å². The number of carbonyl (C=O) groups excluding carboxylic acids is 3. The maximum atomic E-state index is 14.3. The third kappa shape index (κ3) is 4.72. The van der Waals surface area contributed by atoms with Gasteiger partial charge in [-0.15, -0.1) is 0 Å². The van der Waals surface area contributed by atoms with Gasteiger partial charge in [-0.3, -0.25) is 14.5 Å². The van der Waals surface area contributed by atoms with Gasteiger partial charge in [-0.05, 0) is 43.5 Å². The monoisotopic (exact) mass is 562 g/mol. The lowest BCUT2D eigenvalue weighted by Crippen LogP contribution is -2.50. The normalized spacial score (nSPS) is 25.1. The SMILES string of the molecule is C[C@H](N(Cc1ccc(F)cc1)C(=O)CN1CC2(CCC3=C2C=C(F)C(Br)C3=O)OC1=O)C(F)(F)F. The van der Waals surface area contributed by atoms with E-state index in [4.69, 9.17) is 4.74 Å². The average molecular weight is 563 g/mol. The molecule has 188 valence electrons. The van der Waals surface area contributed by atoms with Gasteiger partial charge in [-0.1, -0.05) is 28.1 Å². The highest BCUT2D eigenvalue weighted by atomic mass is 79.9. The molecule has 3 aliphatic rings. The Labute approximate surface area is 205 Å². The third-order valence-corrected chi connectivity index (χ3v) is 7.34. The Morgan fingerprint density at radius 3 is 2.54 bits per heavy atom. The van der Waals surface area contributed by atoms with Crippen LogP contribution < -0.4 is 0 Å². The minimum Gasteiger partial charge on any atom is -0.436 e. The molecule has 0 radical (unpaired) electrons. The summed E-state index contributed by atoms with van der Waals surface area (Å²) < 4.78 is 73.5.